The summed E-state index contributed by atoms with van der Waals surface area (Å²) in [5.41, 5.74) is 0. The lowest BCUT2D eigenvalue weighted by atomic mass is 9.96. The van der Waals surface area contributed by atoms with Crippen LogP contribution < -0.4 is 4.90 Å². The van der Waals surface area contributed by atoms with Crippen molar-refractivity contribution in [1.82, 2.24) is 15.2 Å². The van der Waals surface area contributed by atoms with E-state index in [1.54, 1.807) is 6.20 Å². The molecule has 15 heavy (non-hydrogen) atoms. The van der Waals surface area contributed by atoms with Gasteiger partial charge in [-0.3, -0.25) is 0 Å². The summed E-state index contributed by atoms with van der Waals surface area (Å²) < 4.78 is 0. The first-order valence-corrected chi connectivity index (χ1v) is 5.77. The number of halogens is 1. The van der Waals surface area contributed by atoms with Crippen LogP contribution in [0.3, 0.4) is 0 Å². The van der Waals surface area contributed by atoms with Crippen LogP contribution in [-0.4, -0.2) is 28.3 Å². The van der Waals surface area contributed by atoms with Crippen molar-refractivity contribution in [3.8, 4) is 0 Å². The number of anilines is 1. The first-order chi connectivity index (χ1) is 7.29. The van der Waals surface area contributed by atoms with E-state index in [9.17, 15) is 0 Å². The van der Waals surface area contributed by atoms with Crippen LogP contribution in [0.15, 0.2) is 6.20 Å². The molecule has 0 saturated carbocycles. The molecule has 0 bridgehead atoms. The maximum absolute atomic E-state index is 5.72. The summed E-state index contributed by atoms with van der Waals surface area (Å²) in [6.07, 6.45) is 5.45. The lowest BCUT2D eigenvalue weighted by Gasteiger charge is -2.32. The Kier molecular flexibility index (Phi) is 3.36. The fourth-order valence-corrected chi connectivity index (χ4v) is 2.16. The molecule has 1 aliphatic rings. The number of nitrogens with zero attached hydrogens (tertiary/aromatic N) is 4. The van der Waals surface area contributed by atoms with Crippen molar-refractivity contribution in [1.29, 1.82) is 0 Å². The van der Waals surface area contributed by atoms with Crippen LogP contribution in [0.1, 0.15) is 26.2 Å². The van der Waals surface area contributed by atoms with Crippen molar-refractivity contribution in [3.63, 3.8) is 0 Å². The van der Waals surface area contributed by atoms with Crippen LogP contribution >= 0.6 is 11.6 Å². The van der Waals surface area contributed by atoms with Gasteiger partial charge in [0.15, 0.2) is 5.82 Å². The quantitative estimate of drug-likeness (QED) is 0.775. The maximum Gasteiger partial charge on any atom is 0.244 e. The van der Waals surface area contributed by atoms with Gasteiger partial charge < -0.3 is 4.90 Å². The fraction of sp³-hybridized carbons (Fsp3) is 0.700. The Morgan fingerprint density at radius 1 is 1.60 bits per heavy atom. The number of hydrogen-bond acceptors (Lipinski definition) is 4. The van der Waals surface area contributed by atoms with Crippen LogP contribution in [0.2, 0.25) is 5.28 Å². The Hall–Kier alpha value is -0.900. The van der Waals surface area contributed by atoms with E-state index >= 15 is 0 Å². The van der Waals surface area contributed by atoms with E-state index in [0.717, 1.165) is 24.8 Å². The second kappa shape index (κ2) is 4.75. The summed E-state index contributed by atoms with van der Waals surface area (Å²) in [6, 6.07) is 0. The highest BCUT2D eigenvalue weighted by molar-refractivity contribution is 6.28. The van der Waals surface area contributed by atoms with Crippen LogP contribution in [0.5, 0.6) is 0 Å². The van der Waals surface area contributed by atoms with Gasteiger partial charge in [0.25, 0.3) is 0 Å². The molecule has 5 heteroatoms. The molecule has 1 aromatic heterocycles. The molecule has 0 aliphatic carbocycles. The lowest BCUT2D eigenvalue weighted by molar-refractivity contribution is 0.402. The van der Waals surface area contributed by atoms with E-state index in [-0.39, 0.29) is 5.28 Å². The molecule has 1 aromatic rings. The van der Waals surface area contributed by atoms with Gasteiger partial charge >= 0.3 is 0 Å². The first-order valence-electron chi connectivity index (χ1n) is 5.39. The molecule has 1 aliphatic heterocycles. The summed E-state index contributed by atoms with van der Waals surface area (Å²) in [4.78, 5) is 6.43. The van der Waals surface area contributed by atoms with E-state index in [1.807, 2.05) is 0 Å². The Balaban J connectivity index is 2.09. The van der Waals surface area contributed by atoms with Gasteiger partial charge in [-0.25, -0.2) is 0 Å². The van der Waals surface area contributed by atoms with Gasteiger partial charge in [0.1, 0.15) is 0 Å². The van der Waals surface area contributed by atoms with E-state index in [2.05, 4.69) is 27.0 Å². The molecular formula is C10H15ClN4. The monoisotopic (exact) mass is 226 g/mol. The van der Waals surface area contributed by atoms with Gasteiger partial charge in [-0.1, -0.05) is 13.3 Å². The molecule has 0 aromatic carbocycles. The molecule has 0 amide bonds. The van der Waals surface area contributed by atoms with Gasteiger partial charge in [-0.15, -0.1) is 5.10 Å². The van der Waals surface area contributed by atoms with E-state index < -0.39 is 0 Å². The normalized spacial score (nSPS) is 21.7. The third kappa shape index (κ3) is 2.56. The molecule has 2 heterocycles. The summed E-state index contributed by atoms with van der Waals surface area (Å²) in [5, 5.41) is 7.70. The summed E-state index contributed by atoms with van der Waals surface area (Å²) in [6.45, 7) is 4.34. The largest absolute Gasteiger partial charge is 0.355 e. The molecular weight excluding hydrogens is 212 g/mol. The zero-order valence-electron chi connectivity index (χ0n) is 8.86. The Morgan fingerprint density at radius 2 is 2.47 bits per heavy atom. The lowest BCUT2D eigenvalue weighted by Crippen LogP contribution is -2.35. The van der Waals surface area contributed by atoms with Gasteiger partial charge in [0.2, 0.25) is 5.28 Å². The first kappa shape index (κ1) is 10.6. The van der Waals surface area contributed by atoms with Crippen molar-refractivity contribution < 1.29 is 0 Å². The number of rotatable bonds is 2. The number of hydrogen-bond donors (Lipinski definition) is 0. The predicted octanol–water partition coefficient (Wildman–Crippen LogP) is 2.15. The molecule has 0 N–H and O–H groups in total. The SMILES string of the molecule is CCC1CCCN(c2cnnc(Cl)n2)C1. The van der Waals surface area contributed by atoms with Crippen molar-refractivity contribution >= 4 is 17.4 Å². The molecule has 1 atom stereocenters. The van der Waals surface area contributed by atoms with Gasteiger partial charge in [-0.2, -0.15) is 10.1 Å². The molecule has 0 spiro atoms. The van der Waals surface area contributed by atoms with Gasteiger partial charge in [0.05, 0.1) is 6.20 Å². The Morgan fingerprint density at radius 3 is 3.20 bits per heavy atom. The fourth-order valence-electron chi connectivity index (χ4n) is 2.03. The van der Waals surface area contributed by atoms with Crippen molar-refractivity contribution in [2.45, 2.75) is 26.2 Å². The average Bonchev–Trinajstić information content (AvgIpc) is 2.29. The third-order valence-electron chi connectivity index (χ3n) is 2.94. The van der Waals surface area contributed by atoms with Crippen molar-refractivity contribution in [2.75, 3.05) is 18.0 Å². The number of aromatic nitrogens is 3. The Labute approximate surface area is 94.7 Å². The number of piperidine rings is 1. The van der Waals surface area contributed by atoms with Crippen molar-refractivity contribution in [3.05, 3.63) is 11.5 Å². The predicted molar refractivity (Wildman–Crippen MR) is 60.1 cm³/mol. The smallest absolute Gasteiger partial charge is 0.244 e. The molecule has 1 unspecified atom stereocenters. The van der Waals surface area contributed by atoms with Crippen LogP contribution in [0.4, 0.5) is 5.82 Å². The van der Waals surface area contributed by atoms with Crippen molar-refractivity contribution in [2.24, 2.45) is 5.92 Å². The van der Waals surface area contributed by atoms with Crippen LogP contribution in [-0.2, 0) is 0 Å². The van der Waals surface area contributed by atoms with E-state index in [4.69, 9.17) is 11.6 Å². The van der Waals surface area contributed by atoms with E-state index in [1.165, 1.54) is 19.3 Å². The molecule has 0 radical (unpaired) electrons. The highest BCUT2D eigenvalue weighted by Gasteiger charge is 2.19. The zero-order valence-corrected chi connectivity index (χ0v) is 9.61. The van der Waals surface area contributed by atoms with Crippen LogP contribution in [0, 0.1) is 5.92 Å². The second-order valence-electron chi connectivity index (χ2n) is 3.95. The molecule has 4 nitrogen and oxygen atoms in total. The topological polar surface area (TPSA) is 41.9 Å². The highest BCUT2D eigenvalue weighted by atomic mass is 35.5. The standard InChI is InChI=1S/C10H15ClN4/c1-2-8-4-3-5-15(7-8)9-6-12-14-10(11)13-9/h6,8H,2-5,7H2,1H3. The Bertz CT molecular complexity index is 331. The zero-order chi connectivity index (χ0) is 10.7. The molecule has 82 valence electrons. The van der Waals surface area contributed by atoms with E-state index in [0.29, 0.717) is 0 Å². The second-order valence-corrected chi connectivity index (χ2v) is 4.28. The molecule has 2 rings (SSSR count). The summed E-state index contributed by atoms with van der Waals surface area (Å²) in [5.74, 6) is 1.63. The third-order valence-corrected chi connectivity index (χ3v) is 3.10. The average molecular weight is 227 g/mol. The highest BCUT2D eigenvalue weighted by Crippen LogP contribution is 2.23. The molecule has 1 fully saturated rings. The summed E-state index contributed by atoms with van der Waals surface area (Å²) in [7, 11) is 0. The van der Waals surface area contributed by atoms with Crippen LogP contribution in [0.25, 0.3) is 0 Å². The van der Waals surface area contributed by atoms with Gasteiger partial charge in [-0.05, 0) is 30.4 Å². The maximum atomic E-state index is 5.72. The van der Waals surface area contributed by atoms with Gasteiger partial charge in [0, 0.05) is 13.1 Å². The molecule has 1 saturated heterocycles. The minimum absolute atomic E-state index is 0.228. The minimum Gasteiger partial charge on any atom is -0.355 e. The minimum atomic E-state index is 0.228. The summed E-state index contributed by atoms with van der Waals surface area (Å²) >= 11 is 5.72.